The number of alkyl carbamates (subject to hydrolysis) is 1. The standard InChI is InChI=1S/C20H21NO6/c1-25-18(22)16(19(23)26-2)17(15-11-7-4-8-12-15)21-20(24)27-13-14-9-5-3-6-10-14/h3-12,16-17H,13H2,1-2H3,(H,21,24)/t17-/m0/s1. The highest BCUT2D eigenvalue weighted by Crippen LogP contribution is 2.25. The van der Waals surface area contributed by atoms with Gasteiger partial charge < -0.3 is 19.5 Å². The van der Waals surface area contributed by atoms with Gasteiger partial charge in [0, 0.05) is 0 Å². The molecule has 27 heavy (non-hydrogen) atoms. The van der Waals surface area contributed by atoms with Crippen LogP contribution in [0.4, 0.5) is 4.79 Å². The molecule has 1 atom stereocenters. The van der Waals surface area contributed by atoms with Crippen LogP contribution in [0, 0.1) is 5.92 Å². The minimum atomic E-state index is -1.37. The molecule has 1 amide bonds. The van der Waals surface area contributed by atoms with E-state index in [1.54, 1.807) is 30.3 Å². The Morgan fingerprint density at radius 1 is 0.852 bits per heavy atom. The molecule has 0 aromatic heterocycles. The van der Waals surface area contributed by atoms with Crippen LogP contribution in [-0.2, 0) is 30.4 Å². The Kier molecular flexibility index (Phi) is 7.37. The minimum absolute atomic E-state index is 0.0509. The van der Waals surface area contributed by atoms with Gasteiger partial charge in [-0.25, -0.2) is 4.79 Å². The van der Waals surface area contributed by atoms with Gasteiger partial charge in [-0.05, 0) is 11.1 Å². The van der Waals surface area contributed by atoms with Crippen molar-refractivity contribution in [2.45, 2.75) is 12.6 Å². The highest BCUT2D eigenvalue weighted by molar-refractivity contribution is 5.96. The topological polar surface area (TPSA) is 90.9 Å². The van der Waals surface area contributed by atoms with E-state index in [4.69, 9.17) is 14.2 Å². The third kappa shape index (κ3) is 5.57. The minimum Gasteiger partial charge on any atom is -0.468 e. The van der Waals surface area contributed by atoms with Gasteiger partial charge in [0.2, 0.25) is 0 Å². The number of benzene rings is 2. The molecule has 0 saturated carbocycles. The van der Waals surface area contributed by atoms with Crippen molar-refractivity contribution in [3.63, 3.8) is 0 Å². The summed E-state index contributed by atoms with van der Waals surface area (Å²) in [5.41, 5.74) is 1.34. The normalized spacial score (nSPS) is 11.4. The van der Waals surface area contributed by atoms with Crippen molar-refractivity contribution in [3.05, 3.63) is 71.8 Å². The summed E-state index contributed by atoms with van der Waals surface area (Å²) in [7, 11) is 2.32. The second-order valence-corrected chi connectivity index (χ2v) is 5.62. The summed E-state index contributed by atoms with van der Waals surface area (Å²) < 4.78 is 14.6. The smallest absolute Gasteiger partial charge is 0.407 e. The van der Waals surface area contributed by atoms with Crippen LogP contribution in [0.25, 0.3) is 0 Å². The quantitative estimate of drug-likeness (QED) is 0.457. The molecule has 0 unspecified atom stereocenters. The van der Waals surface area contributed by atoms with Crippen LogP contribution in [0.3, 0.4) is 0 Å². The van der Waals surface area contributed by atoms with E-state index in [9.17, 15) is 14.4 Å². The van der Waals surface area contributed by atoms with Crippen molar-refractivity contribution < 1.29 is 28.6 Å². The van der Waals surface area contributed by atoms with Crippen molar-refractivity contribution in [3.8, 4) is 0 Å². The number of hydrogen-bond donors (Lipinski definition) is 1. The highest BCUT2D eigenvalue weighted by atomic mass is 16.6. The summed E-state index contributed by atoms with van der Waals surface area (Å²) in [4.78, 5) is 36.6. The van der Waals surface area contributed by atoms with Gasteiger partial charge in [0.05, 0.1) is 20.3 Å². The maximum atomic E-state index is 12.3. The second kappa shape index (κ2) is 9.96. The predicted molar refractivity (Wildman–Crippen MR) is 96.5 cm³/mol. The van der Waals surface area contributed by atoms with Crippen molar-refractivity contribution in [2.75, 3.05) is 14.2 Å². The fourth-order valence-electron chi connectivity index (χ4n) is 2.53. The van der Waals surface area contributed by atoms with E-state index in [-0.39, 0.29) is 6.61 Å². The zero-order valence-corrected chi connectivity index (χ0v) is 15.1. The van der Waals surface area contributed by atoms with Crippen LogP contribution < -0.4 is 5.32 Å². The van der Waals surface area contributed by atoms with Crippen LogP contribution in [-0.4, -0.2) is 32.3 Å². The maximum absolute atomic E-state index is 12.3. The average molecular weight is 371 g/mol. The molecule has 0 radical (unpaired) electrons. The van der Waals surface area contributed by atoms with E-state index in [1.807, 2.05) is 30.3 Å². The van der Waals surface area contributed by atoms with E-state index in [2.05, 4.69) is 5.32 Å². The zero-order valence-electron chi connectivity index (χ0n) is 15.1. The van der Waals surface area contributed by atoms with E-state index in [0.717, 1.165) is 19.8 Å². The first-order chi connectivity index (χ1) is 13.1. The van der Waals surface area contributed by atoms with Gasteiger partial charge in [0.1, 0.15) is 6.61 Å². The molecular formula is C20H21NO6. The lowest BCUT2D eigenvalue weighted by Crippen LogP contribution is -2.41. The van der Waals surface area contributed by atoms with Crippen LogP contribution in [0.2, 0.25) is 0 Å². The van der Waals surface area contributed by atoms with Crippen molar-refractivity contribution >= 4 is 18.0 Å². The molecular weight excluding hydrogens is 350 g/mol. The van der Waals surface area contributed by atoms with Gasteiger partial charge in [-0.1, -0.05) is 60.7 Å². The summed E-state index contributed by atoms with van der Waals surface area (Å²) in [6.45, 7) is 0.0509. The molecule has 0 heterocycles. The molecule has 1 N–H and O–H groups in total. The summed E-state index contributed by atoms with van der Waals surface area (Å²) in [6, 6.07) is 16.7. The Morgan fingerprint density at radius 3 is 1.89 bits per heavy atom. The number of methoxy groups -OCH3 is 2. The van der Waals surface area contributed by atoms with E-state index >= 15 is 0 Å². The number of rotatable bonds is 7. The van der Waals surface area contributed by atoms with Crippen molar-refractivity contribution in [1.82, 2.24) is 5.32 Å². The molecule has 2 aromatic rings. The summed E-state index contributed by atoms with van der Waals surface area (Å²) in [5, 5.41) is 2.57. The number of esters is 2. The summed E-state index contributed by atoms with van der Waals surface area (Å²) in [5.74, 6) is -3.01. The number of hydrogen-bond acceptors (Lipinski definition) is 6. The van der Waals surface area contributed by atoms with E-state index < -0.39 is 30.0 Å². The fraction of sp³-hybridized carbons (Fsp3) is 0.250. The third-order valence-electron chi connectivity index (χ3n) is 3.89. The first-order valence-electron chi connectivity index (χ1n) is 8.24. The zero-order chi connectivity index (χ0) is 19.6. The Hall–Kier alpha value is -3.35. The van der Waals surface area contributed by atoms with Gasteiger partial charge >= 0.3 is 18.0 Å². The Labute approximate surface area is 157 Å². The Balaban J connectivity index is 2.20. The monoisotopic (exact) mass is 371 g/mol. The first-order valence-corrected chi connectivity index (χ1v) is 8.24. The van der Waals surface area contributed by atoms with Gasteiger partial charge in [0.15, 0.2) is 5.92 Å². The lowest BCUT2D eigenvalue weighted by atomic mass is 9.93. The number of amides is 1. The molecule has 0 aliphatic rings. The average Bonchev–Trinajstić information content (AvgIpc) is 2.72. The molecule has 0 saturated heterocycles. The Bertz CT molecular complexity index is 747. The van der Waals surface area contributed by atoms with E-state index in [1.165, 1.54) is 0 Å². The first kappa shape index (κ1) is 20.0. The molecule has 142 valence electrons. The maximum Gasteiger partial charge on any atom is 0.407 e. The third-order valence-corrected chi connectivity index (χ3v) is 3.89. The molecule has 0 bridgehead atoms. The molecule has 0 spiro atoms. The number of carbonyl (C=O) groups is 3. The molecule has 0 aliphatic carbocycles. The number of carbonyl (C=O) groups excluding carboxylic acids is 3. The summed E-state index contributed by atoms with van der Waals surface area (Å²) >= 11 is 0. The number of nitrogens with one attached hydrogen (secondary N) is 1. The Morgan fingerprint density at radius 2 is 1.37 bits per heavy atom. The summed E-state index contributed by atoms with van der Waals surface area (Å²) in [6.07, 6.45) is -0.773. The molecule has 0 fully saturated rings. The molecule has 2 rings (SSSR count). The molecule has 2 aromatic carbocycles. The van der Waals surface area contributed by atoms with Crippen LogP contribution in [0.15, 0.2) is 60.7 Å². The van der Waals surface area contributed by atoms with E-state index in [0.29, 0.717) is 5.56 Å². The molecule has 7 heteroatoms. The number of ether oxygens (including phenoxy) is 3. The van der Waals surface area contributed by atoms with Gasteiger partial charge in [0.25, 0.3) is 0 Å². The molecule has 7 nitrogen and oxygen atoms in total. The van der Waals surface area contributed by atoms with Crippen LogP contribution >= 0.6 is 0 Å². The van der Waals surface area contributed by atoms with Gasteiger partial charge in [-0.2, -0.15) is 0 Å². The van der Waals surface area contributed by atoms with Crippen molar-refractivity contribution in [2.24, 2.45) is 5.92 Å². The van der Waals surface area contributed by atoms with Gasteiger partial charge in [-0.15, -0.1) is 0 Å². The predicted octanol–water partition coefficient (Wildman–Crippen LogP) is 2.62. The highest BCUT2D eigenvalue weighted by Gasteiger charge is 2.39. The largest absolute Gasteiger partial charge is 0.468 e. The fourth-order valence-corrected chi connectivity index (χ4v) is 2.53. The lowest BCUT2D eigenvalue weighted by molar-refractivity contribution is -0.160. The SMILES string of the molecule is COC(=O)C(C(=O)OC)[C@@H](NC(=O)OCc1ccccc1)c1ccccc1. The molecule has 0 aliphatic heterocycles. The van der Waals surface area contributed by atoms with Crippen LogP contribution in [0.1, 0.15) is 17.2 Å². The lowest BCUT2D eigenvalue weighted by Gasteiger charge is -2.24. The second-order valence-electron chi connectivity index (χ2n) is 5.62. The van der Waals surface area contributed by atoms with Crippen molar-refractivity contribution in [1.29, 1.82) is 0 Å². The van der Waals surface area contributed by atoms with Gasteiger partial charge in [-0.3, -0.25) is 9.59 Å². The van der Waals surface area contributed by atoms with Crippen LogP contribution in [0.5, 0.6) is 0 Å².